The lowest BCUT2D eigenvalue weighted by molar-refractivity contribution is 0.105. The SMILES string of the molecule is Cc1cc2c(cc1F)[nH]c(=S)n2CCCOCC(C)C. The number of halogens is 1. The Labute approximate surface area is 123 Å². The first-order chi connectivity index (χ1) is 9.49. The second-order valence-corrected chi connectivity index (χ2v) is 5.91. The maximum atomic E-state index is 13.5. The Morgan fingerprint density at radius 3 is 2.85 bits per heavy atom. The number of nitrogens with one attached hydrogen (secondary N) is 1. The molecule has 0 amide bonds. The maximum absolute atomic E-state index is 13.5. The molecule has 1 aromatic carbocycles. The monoisotopic (exact) mass is 296 g/mol. The van der Waals surface area contributed by atoms with Gasteiger partial charge in [-0.25, -0.2) is 4.39 Å². The van der Waals surface area contributed by atoms with Gasteiger partial charge in [-0.1, -0.05) is 13.8 Å². The second kappa shape index (κ2) is 6.50. The van der Waals surface area contributed by atoms with Crippen molar-refractivity contribution in [2.45, 2.75) is 33.7 Å². The van der Waals surface area contributed by atoms with Crippen molar-refractivity contribution in [1.29, 1.82) is 0 Å². The van der Waals surface area contributed by atoms with Gasteiger partial charge in [0.25, 0.3) is 0 Å². The van der Waals surface area contributed by atoms with E-state index in [9.17, 15) is 4.39 Å². The van der Waals surface area contributed by atoms with Crippen molar-refractivity contribution in [2.24, 2.45) is 5.92 Å². The predicted molar refractivity (Wildman–Crippen MR) is 82.1 cm³/mol. The van der Waals surface area contributed by atoms with Gasteiger partial charge in [0.2, 0.25) is 0 Å². The van der Waals surface area contributed by atoms with Crippen LogP contribution < -0.4 is 0 Å². The van der Waals surface area contributed by atoms with Crippen molar-refractivity contribution >= 4 is 23.3 Å². The molecule has 1 heterocycles. The van der Waals surface area contributed by atoms with Crippen LogP contribution >= 0.6 is 12.2 Å². The molecule has 0 radical (unpaired) electrons. The number of imidazole rings is 1. The molecular formula is C15H21FN2OS. The lowest BCUT2D eigenvalue weighted by atomic mass is 10.2. The molecule has 0 atom stereocenters. The molecule has 0 aliphatic carbocycles. The minimum absolute atomic E-state index is 0.207. The number of aromatic nitrogens is 2. The van der Waals surface area contributed by atoms with E-state index >= 15 is 0 Å². The minimum Gasteiger partial charge on any atom is -0.381 e. The molecule has 5 heteroatoms. The lowest BCUT2D eigenvalue weighted by Gasteiger charge is -2.08. The van der Waals surface area contributed by atoms with Gasteiger partial charge in [-0.2, -0.15) is 0 Å². The number of aromatic amines is 1. The fourth-order valence-electron chi connectivity index (χ4n) is 2.15. The third kappa shape index (κ3) is 3.46. The first kappa shape index (κ1) is 15.2. The Morgan fingerprint density at radius 1 is 1.40 bits per heavy atom. The van der Waals surface area contributed by atoms with E-state index in [4.69, 9.17) is 17.0 Å². The number of aryl methyl sites for hydroxylation is 2. The van der Waals surface area contributed by atoms with Gasteiger partial charge in [0.15, 0.2) is 4.77 Å². The summed E-state index contributed by atoms with van der Waals surface area (Å²) in [6.07, 6.45) is 0.893. The summed E-state index contributed by atoms with van der Waals surface area (Å²) in [6.45, 7) is 8.31. The quantitative estimate of drug-likeness (QED) is 0.639. The molecule has 0 unspecified atom stereocenters. The van der Waals surface area contributed by atoms with Crippen LogP contribution in [0.5, 0.6) is 0 Å². The number of hydrogen-bond donors (Lipinski definition) is 1. The Morgan fingerprint density at radius 2 is 2.15 bits per heavy atom. The van der Waals surface area contributed by atoms with E-state index in [1.165, 1.54) is 6.07 Å². The molecular weight excluding hydrogens is 275 g/mol. The summed E-state index contributed by atoms with van der Waals surface area (Å²) in [7, 11) is 0. The summed E-state index contributed by atoms with van der Waals surface area (Å²) in [5, 5.41) is 0. The molecule has 1 N–H and O–H groups in total. The number of fused-ring (bicyclic) bond motifs is 1. The van der Waals surface area contributed by atoms with E-state index in [1.54, 1.807) is 6.92 Å². The van der Waals surface area contributed by atoms with Crippen LogP contribution in [0.3, 0.4) is 0 Å². The fraction of sp³-hybridized carbons (Fsp3) is 0.533. The number of H-pyrrole nitrogens is 1. The Kier molecular flexibility index (Phi) is 4.94. The number of rotatable bonds is 6. The van der Waals surface area contributed by atoms with Crippen LogP contribution in [0.25, 0.3) is 11.0 Å². The minimum atomic E-state index is -0.207. The highest BCUT2D eigenvalue weighted by atomic mass is 32.1. The zero-order valence-corrected chi connectivity index (χ0v) is 13.0. The van der Waals surface area contributed by atoms with Crippen molar-refractivity contribution < 1.29 is 9.13 Å². The lowest BCUT2D eigenvalue weighted by Crippen LogP contribution is -2.06. The average molecular weight is 296 g/mol. The molecule has 0 saturated carbocycles. The highest BCUT2D eigenvalue weighted by Crippen LogP contribution is 2.19. The third-order valence-electron chi connectivity index (χ3n) is 3.18. The van der Waals surface area contributed by atoms with E-state index in [0.29, 0.717) is 22.9 Å². The summed E-state index contributed by atoms with van der Waals surface area (Å²) in [4.78, 5) is 3.05. The van der Waals surface area contributed by atoms with Crippen LogP contribution in [0, 0.1) is 23.4 Å². The molecule has 0 aliphatic rings. The van der Waals surface area contributed by atoms with Gasteiger partial charge < -0.3 is 14.3 Å². The number of benzene rings is 1. The second-order valence-electron chi connectivity index (χ2n) is 5.52. The molecule has 0 bridgehead atoms. The Hall–Kier alpha value is -1.20. The van der Waals surface area contributed by atoms with Crippen molar-refractivity contribution in [1.82, 2.24) is 9.55 Å². The van der Waals surface area contributed by atoms with E-state index in [1.807, 2.05) is 10.6 Å². The highest BCUT2D eigenvalue weighted by Gasteiger charge is 2.07. The summed E-state index contributed by atoms with van der Waals surface area (Å²) < 4.78 is 21.7. The van der Waals surface area contributed by atoms with Crippen molar-refractivity contribution in [3.63, 3.8) is 0 Å². The fourth-order valence-corrected chi connectivity index (χ4v) is 2.45. The van der Waals surface area contributed by atoms with Gasteiger partial charge >= 0.3 is 0 Å². The molecule has 2 rings (SSSR count). The Balaban J connectivity index is 2.08. The van der Waals surface area contributed by atoms with Crippen LogP contribution in [0.2, 0.25) is 0 Å². The topological polar surface area (TPSA) is 29.9 Å². The van der Waals surface area contributed by atoms with E-state index in [-0.39, 0.29) is 5.82 Å². The van der Waals surface area contributed by atoms with Crippen molar-refractivity contribution in [3.05, 3.63) is 28.3 Å². The molecule has 0 fully saturated rings. The number of hydrogen-bond acceptors (Lipinski definition) is 2. The maximum Gasteiger partial charge on any atom is 0.178 e. The molecule has 2 aromatic rings. The summed E-state index contributed by atoms with van der Waals surface area (Å²) in [5.74, 6) is 0.344. The van der Waals surface area contributed by atoms with E-state index in [2.05, 4.69) is 18.8 Å². The van der Waals surface area contributed by atoms with Gasteiger partial charge in [0.1, 0.15) is 5.82 Å². The largest absolute Gasteiger partial charge is 0.381 e. The third-order valence-corrected chi connectivity index (χ3v) is 3.50. The van der Waals surface area contributed by atoms with Crippen LogP contribution in [-0.2, 0) is 11.3 Å². The van der Waals surface area contributed by atoms with Gasteiger partial charge in [-0.3, -0.25) is 0 Å². The molecule has 3 nitrogen and oxygen atoms in total. The zero-order chi connectivity index (χ0) is 14.7. The molecule has 20 heavy (non-hydrogen) atoms. The van der Waals surface area contributed by atoms with E-state index in [0.717, 1.165) is 30.6 Å². The number of ether oxygens (including phenoxy) is 1. The molecule has 1 aromatic heterocycles. The number of nitrogens with zero attached hydrogens (tertiary/aromatic N) is 1. The molecule has 0 aliphatic heterocycles. The predicted octanol–water partition coefficient (Wildman–Crippen LogP) is 4.21. The van der Waals surface area contributed by atoms with Gasteiger partial charge in [-0.05, 0) is 49.2 Å². The zero-order valence-electron chi connectivity index (χ0n) is 12.2. The van der Waals surface area contributed by atoms with E-state index < -0.39 is 0 Å². The molecule has 0 saturated heterocycles. The van der Waals surface area contributed by atoms with Crippen LogP contribution in [0.1, 0.15) is 25.8 Å². The molecule has 0 spiro atoms. The van der Waals surface area contributed by atoms with Gasteiger partial charge in [0.05, 0.1) is 11.0 Å². The van der Waals surface area contributed by atoms with Crippen LogP contribution in [-0.4, -0.2) is 22.8 Å². The summed E-state index contributed by atoms with van der Waals surface area (Å²) in [6, 6.07) is 3.35. The van der Waals surface area contributed by atoms with Gasteiger partial charge in [-0.15, -0.1) is 0 Å². The first-order valence-corrected chi connectivity index (χ1v) is 7.36. The normalized spacial score (nSPS) is 11.7. The van der Waals surface area contributed by atoms with Crippen molar-refractivity contribution in [2.75, 3.05) is 13.2 Å². The smallest absolute Gasteiger partial charge is 0.178 e. The van der Waals surface area contributed by atoms with Crippen LogP contribution in [0.4, 0.5) is 4.39 Å². The van der Waals surface area contributed by atoms with Gasteiger partial charge in [0, 0.05) is 19.8 Å². The first-order valence-electron chi connectivity index (χ1n) is 6.95. The standard InChI is InChI=1S/C15H21FN2OS/c1-10(2)9-19-6-4-5-18-14-7-11(3)12(16)8-13(14)17-15(18)20/h7-8,10H,4-6,9H2,1-3H3,(H,17,20). The summed E-state index contributed by atoms with van der Waals surface area (Å²) >= 11 is 5.30. The Bertz CT molecular complexity index is 645. The highest BCUT2D eigenvalue weighted by molar-refractivity contribution is 7.71. The van der Waals surface area contributed by atoms with Crippen molar-refractivity contribution in [3.8, 4) is 0 Å². The molecule has 110 valence electrons. The van der Waals surface area contributed by atoms with Crippen LogP contribution in [0.15, 0.2) is 12.1 Å². The average Bonchev–Trinajstić information content (AvgIpc) is 2.65. The summed E-state index contributed by atoms with van der Waals surface area (Å²) in [5.41, 5.74) is 2.34.